The van der Waals surface area contributed by atoms with Crippen LogP contribution in [0.4, 0.5) is 17.1 Å². The minimum atomic E-state index is -0.146. The molecule has 1 heteroatoms. The fourth-order valence-corrected chi connectivity index (χ4v) is 10.1. The van der Waals surface area contributed by atoms with Crippen LogP contribution in [0.25, 0.3) is 66.1 Å². The summed E-state index contributed by atoms with van der Waals surface area (Å²) in [7, 11) is 0. The second-order valence-electron chi connectivity index (χ2n) is 16.9. The number of rotatable bonds is 5. The maximum atomic E-state index is 2.51. The number of hydrogen-bond acceptors (Lipinski definition) is 1. The summed E-state index contributed by atoms with van der Waals surface area (Å²) >= 11 is 0. The fourth-order valence-electron chi connectivity index (χ4n) is 10.1. The van der Waals surface area contributed by atoms with Crippen LogP contribution in [-0.4, -0.2) is 0 Å². The van der Waals surface area contributed by atoms with Gasteiger partial charge < -0.3 is 4.90 Å². The van der Waals surface area contributed by atoms with Crippen molar-refractivity contribution in [3.05, 3.63) is 210 Å². The van der Waals surface area contributed by atoms with Gasteiger partial charge >= 0.3 is 0 Å². The van der Waals surface area contributed by atoms with Crippen molar-refractivity contribution in [2.75, 3.05) is 4.90 Å². The zero-order chi connectivity index (χ0) is 38.5. The van der Waals surface area contributed by atoms with Crippen molar-refractivity contribution in [1.29, 1.82) is 0 Å². The van der Waals surface area contributed by atoms with Gasteiger partial charge in [0.2, 0.25) is 0 Å². The van der Waals surface area contributed by atoms with Crippen LogP contribution in [0.1, 0.15) is 49.9 Å². The third-order valence-corrected chi connectivity index (χ3v) is 13.0. The summed E-state index contributed by atoms with van der Waals surface area (Å²) < 4.78 is 0. The van der Waals surface area contributed by atoms with E-state index in [1.54, 1.807) is 0 Å². The summed E-state index contributed by atoms with van der Waals surface area (Å²) in [5.41, 5.74) is 19.0. The van der Waals surface area contributed by atoms with Crippen molar-refractivity contribution >= 4 is 38.6 Å². The molecule has 0 radical (unpaired) electrons. The zero-order valence-electron chi connectivity index (χ0n) is 32.8. The van der Waals surface area contributed by atoms with Crippen LogP contribution in [0.15, 0.2) is 188 Å². The Morgan fingerprint density at radius 3 is 1.61 bits per heavy atom. The lowest BCUT2D eigenvalue weighted by molar-refractivity contribution is 0.660. The Labute approximate surface area is 335 Å². The first-order chi connectivity index (χ1) is 27.8. The van der Waals surface area contributed by atoms with Gasteiger partial charge in [0.15, 0.2) is 0 Å². The molecule has 0 N–H and O–H groups in total. The van der Waals surface area contributed by atoms with Gasteiger partial charge in [0, 0.05) is 27.8 Å². The first kappa shape index (κ1) is 33.6. The van der Waals surface area contributed by atoms with Gasteiger partial charge in [0.05, 0.1) is 5.69 Å². The van der Waals surface area contributed by atoms with Gasteiger partial charge in [-0.2, -0.15) is 0 Å². The molecule has 0 spiro atoms. The van der Waals surface area contributed by atoms with E-state index in [1.807, 2.05) is 0 Å². The van der Waals surface area contributed by atoms with Crippen molar-refractivity contribution in [3.63, 3.8) is 0 Å². The highest BCUT2D eigenvalue weighted by Crippen LogP contribution is 2.56. The van der Waals surface area contributed by atoms with Gasteiger partial charge in [0.1, 0.15) is 0 Å². The summed E-state index contributed by atoms with van der Waals surface area (Å²) in [6, 6.07) is 70.1. The van der Waals surface area contributed by atoms with Gasteiger partial charge in [0.25, 0.3) is 0 Å². The third kappa shape index (κ3) is 5.02. The van der Waals surface area contributed by atoms with Crippen LogP contribution >= 0.6 is 0 Å². The molecule has 2 aliphatic carbocycles. The van der Waals surface area contributed by atoms with Crippen LogP contribution in [0.3, 0.4) is 0 Å². The largest absolute Gasteiger partial charge is 0.310 e. The molecule has 9 aromatic rings. The molecule has 0 fully saturated rings. The summed E-state index contributed by atoms with van der Waals surface area (Å²) in [4.78, 5) is 2.51. The molecule has 11 rings (SSSR count). The molecular formula is C56H43N. The van der Waals surface area contributed by atoms with Gasteiger partial charge in [-0.05, 0) is 125 Å². The van der Waals surface area contributed by atoms with E-state index >= 15 is 0 Å². The Hall–Kier alpha value is -6.70. The number of nitrogens with zero attached hydrogens (tertiary/aromatic N) is 1. The molecule has 0 saturated carbocycles. The normalized spacial score (nSPS) is 14.2. The Morgan fingerprint density at radius 2 is 0.860 bits per heavy atom. The molecule has 272 valence electrons. The lowest BCUT2D eigenvalue weighted by atomic mass is 9.81. The summed E-state index contributed by atoms with van der Waals surface area (Å²) in [5.74, 6) is 0. The molecule has 0 bridgehead atoms. The predicted molar refractivity (Wildman–Crippen MR) is 242 cm³/mol. The minimum Gasteiger partial charge on any atom is -0.310 e. The Bertz CT molecular complexity index is 3050. The lowest BCUT2D eigenvalue weighted by Crippen LogP contribution is -2.17. The summed E-state index contributed by atoms with van der Waals surface area (Å²) in [5, 5.41) is 5.08. The molecule has 0 aromatic heterocycles. The predicted octanol–water partition coefficient (Wildman–Crippen LogP) is 15.4. The standard InChI is InChI=1S/C56H43N/c1-55(2)48-24-11-10-21-45(48)46-32-31-42(35-51(46)55)57(52-26-14-25-49-54(52)47-33-39-17-8-9-18-40(39)34-50(47)56(49,3)4)41-29-27-37(28-30-41)44-23-13-20-38-19-12-22-43(53(38)44)36-15-6-5-7-16-36/h5-35H,1-4H3. The maximum absolute atomic E-state index is 2.51. The van der Waals surface area contributed by atoms with E-state index in [9.17, 15) is 0 Å². The molecule has 0 amide bonds. The minimum absolute atomic E-state index is 0.117. The molecule has 57 heavy (non-hydrogen) atoms. The topological polar surface area (TPSA) is 3.24 Å². The number of fused-ring (bicyclic) bond motifs is 8. The van der Waals surface area contributed by atoms with E-state index < -0.39 is 0 Å². The highest BCUT2D eigenvalue weighted by atomic mass is 15.1. The molecule has 1 nitrogen and oxygen atoms in total. The monoisotopic (exact) mass is 729 g/mol. The molecule has 0 saturated heterocycles. The number of benzene rings is 9. The highest BCUT2D eigenvalue weighted by molar-refractivity contribution is 6.07. The molecule has 0 unspecified atom stereocenters. The smallest absolute Gasteiger partial charge is 0.0543 e. The van der Waals surface area contributed by atoms with E-state index in [-0.39, 0.29) is 10.8 Å². The van der Waals surface area contributed by atoms with E-state index in [0.29, 0.717) is 0 Å². The van der Waals surface area contributed by atoms with Gasteiger partial charge in [-0.25, -0.2) is 0 Å². The van der Waals surface area contributed by atoms with E-state index in [4.69, 9.17) is 0 Å². The molecular weight excluding hydrogens is 687 g/mol. The molecule has 0 aliphatic heterocycles. The average molecular weight is 730 g/mol. The van der Waals surface area contributed by atoms with Crippen molar-refractivity contribution in [1.82, 2.24) is 0 Å². The molecule has 9 aromatic carbocycles. The SMILES string of the molecule is CC1(C)c2ccccc2-c2ccc(N(c3ccc(-c4cccc5cccc(-c6ccccc6)c45)cc3)c3cccc4c3-c3cc5ccccc5cc3C4(C)C)cc21. The first-order valence-electron chi connectivity index (χ1n) is 20.2. The number of hydrogen-bond donors (Lipinski definition) is 0. The Morgan fingerprint density at radius 1 is 0.333 bits per heavy atom. The number of anilines is 3. The van der Waals surface area contributed by atoms with Crippen molar-refractivity contribution in [3.8, 4) is 44.5 Å². The molecule has 0 heterocycles. The van der Waals surface area contributed by atoms with Crippen LogP contribution in [-0.2, 0) is 10.8 Å². The highest BCUT2D eigenvalue weighted by Gasteiger charge is 2.39. The van der Waals surface area contributed by atoms with Gasteiger partial charge in [-0.1, -0.05) is 173 Å². The van der Waals surface area contributed by atoms with Gasteiger partial charge in [-0.3, -0.25) is 0 Å². The van der Waals surface area contributed by atoms with Crippen molar-refractivity contribution < 1.29 is 0 Å². The van der Waals surface area contributed by atoms with Crippen LogP contribution in [0, 0.1) is 0 Å². The molecule has 0 atom stereocenters. The van der Waals surface area contributed by atoms with Crippen molar-refractivity contribution in [2.24, 2.45) is 0 Å². The van der Waals surface area contributed by atoms with Crippen molar-refractivity contribution in [2.45, 2.75) is 38.5 Å². The second-order valence-corrected chi connectivity index (χ2v) is 16.9. The van der Waals surface area contributed by atoms with Crippen LogP contribution in [0.5, 0.6) is 0 Å². The quantitative estimate of drug-likeness (QED) is 0.170. The first-order valence-corrected chi connectivity index (χ1v) is 20.2. The summed E-state index contributed by atoms with van der Waals surface area (Å²) in [6.07, 6.45) is 0. The second kappa shape index (κ2) is 12.4. The van der Waals surface area contributed by atoms with E-state index in [1.165, 1.54) is 99.7 Å². The Kier molecular flexibility index (Phi) is 7.32. The van der Waals surface area contributed by atoms with Gasteiger partial charge in [-0.15, -0.1) is 0 Å². The van der Waals surface area contributed by atoms with Crippen LogP contribution in [0.2, 0.25) is 0 Å². The third-order valence-electron chi connectivity index (χ3n) is 13.0. The Balaban J connectivity index is 1.12. The maximum Gasteiger partial charge on any atom is 0.0543 e. The molecule has 2 aliphatic rings. The fraction of sp³-hybridized carbons (Fsp3) is 0.107. The van der Waals surface area contributed by atoms with E-state index in [2.05, 4.69) is 221 Å². The lowest BCUT2D eigenvalue weighted by Gasteiger charge is -2.30. The summed E-state index contributed by atoms with van der Waals surface area (Å²) in [6.45, 7) is 9.52. The zero-order valence-corrected chi connectivity index (χ0v) is 32.8. The van der Waals surface area contributed by atoms with E-state index in [0.717, 1.165) is 5.69 Å². The van der Waals surface area contributed by atoms with Crippen LogP contribution < -0.4 is 4.90 Å². The average Bonchev–Trinajstić information content (AvgIpc) is 3.62.